The predicted molar refractivity (Wildman–Crippen MR) is 76.7 cm³/mol. The summed E-state index contributed by atoms with van der Waals surface area (Å²) in [5, 5.41) is 3.63. The summed E-state index contributed by atoms with van der Waals surface area (Å²) in [7, 11) is 0. The first kappa shape index (κ1) is 13.6. The van der Waals surface area contributed by atoms with Gasteiger partial charge in [-0.1, -0.05) is 6.92 Å². The van der Waals surface area contributed by atoms with Gasteiger partial charge in [0.25, 0.3) is 0 Å². The van der Waals surface area contributed by atoms with E-state index < -0.39 is 0 Å². The molecule has 0 saturated carbocycles. The van der Waals surface area contributed by atoms with Crippen LogP contribution in [0.1, 0.15) is 32.4 Å². The molecule has 1 aromatic heterocycles. The van der Waals surface area contributed by atoms with Crippen molar-refractivity contribution in [2.45, 2.75) is 39.8 Å². The molecule has 0 amide bonds. The van der Waals surface area contributed by atoms with Crippen LogP contribution in [0.5, 0.6) is 0 Å². The van der Waals surface area contributed by atoms with Gasteiger partial charge in [0.15, 0.2) is 0 Å². The normalized spacial score (nSPS) is 18.3. The van der Waals surface area contributed by atoms with Crippen molar-refractivity contribution >= 4 is 0 Å². The van der Waals surface area contributed by atoms with Gasteiger partial charge < -0.3 is 14.8 Å². The largest absolute Gasteiger partial charge is 0.351 e. The number of nitrogens with one attached hydrogen (secondary N) is 1. The highest BCUT2D eigenvalue weighted by Gasteiger charge is 2.17. The standard InChI is InChI=1S/C15H27N3/c1-3-17-10-7-14(8-11-17)12-16-13-15-6-5-9-18(15)4-2/h5-6,9,14,16H,3-4,7-8,10-13H2,1-2H3. The van der Waals surface area contributed by atoms with Crippen LogP contribution in [0.2, 0.25) is 0 Å². The molecule has 1 aliphatic rings. The lowest BCUT2D eigenvalue weighted by Crippen LogP contribution is -2.37. The lowest BCUT2D eigenvalue weighted by atomic mass is 9.97. The summed E-state index contributed by atoms with van der Waals surface area (Å²) in [6.07, 6.45) is 4.88. The van der Waals surface area contributed by atoms with E-state index in [1.807, 2.05) is 0 Å². The Bertz CT molecular complexity index is 337. The molecular formula is C15H27N3. The monoisotopic (exact) mass is 249 g/mol. The number of aryl methyl sites for hydroxylation is 1. The molecule has 0 radical (unpaired) electrons. The van der Waals surface area contributed by atoms with Crippen LogP contribution in [0.4, 0.5) is 0 Å². The maximum atomic E-state index is 3.63. The molecule has 1 aliphatic heterocycles. The number of piperidine rings is 1. The Balaban J connectivity index is 1.67. The van der Waals surface area contributed by atoms with Gasteiger partial charge in [-0.25, -0.2) is 0 Å². The molecule has 1 saturated heterocycles. The fourth-order valence-corrected chi connectivity index (χ4v) is 2.83. The van der Waals surface area contributed by atoms with Crippen molar-refractivity contribution in [1.82, 2.24) is 14.8 Å². The van der Waals surface area contributed by atoms with Crippen molar-refractivity contribution in [2.24, 2.45) is 5.92 Å². The fourth-order valence-electron chi connectivity index (χ4n) is 2.83. The Labute approximate surface area is 111 Å². The molecule has 1 aromatic rings. The summed E-state index contributed by atoms with van der Waals surface area (Å²) in [5.74, 6) is 0.873. The minimum atomic E-state index is 0.873. The van der Waals surface area contributed by atoms with Crippen molar-refractivity contribution < 1.29 is 0 Å². The smallest absolute Gasteiger partial charge is 0.0359 e. The van der Waals surface area contributed by atoms with E-state index in [-0.39, 0.29) is 0 Å². The Kier molecular flexibility index (Phi) is 5.26. The quantitative estimate of drug-likeness (QED) is 0.835. The van der Waals surface area contributed by atoms with Crippen LogP contribution in [-0.4, -0.2) is 35.6 Å². The third-order valence-corrected chi connectivity index (χ3v) is 4.16. The van der Waals surface area contributed by atoms with Crippen LogP contribution < -0.4 is 5.32 Å². The second kappa shape index (κ2) is 6.95. The SMILES string of the molecule is CCN1CCC(CNCc2cccn2CC)CC1. The zero-order valence-corrected chi connectivity index (χ0v) is 11.9. The summed E-state index contributed by atoms with van der Waals surface area (Å²) >= 11 is 0. The molecule has 1 N–H and O–H groups in total. The van der Waals surface area contributed by atoms with Crippen molar-refractivity contribution in [3.8, 4) is 0 Å². The highest BCUT2D eigenvalue weighted by Crippen LogP contribution is 2.16. The third-order valence-electron chi connectivity index (χ3n) is 4.16. The van der Waals surface area contributed by atoms with E-state index in [2.05, 4.69) is 47.0 Å². The lowest BCUT2D eigenvalue weighted by Gasteiger charge is -2.31. The molecule has 1 fully saturated rings. The molecule has 0 spiro atoms. The van der Waals surface area contributed by atoms with Gasteiger partial charge in [-0.15, -0.1) is 0 Å². The summed E-state index contributed by atoms with van der Waals surface area (Å²) in [5.41, 5.74) is 1.41. The first-order valence-electron chi connectivity index (χ1n) is 7.40. The van der Waals surface area contributed by atoms with E-state index in [4.69, 9.17) is 0 Å². The summed E-state index contributed by atoms with van der Waals surface area (Å²) in [6.45, 7) is 11.5. The van der Waals surface area contributed by atoms with E-state index in [0.29, 0.717) is 0 Å². The van der Waals surface area contributed by atoms with E-state index >= 15 is 0 Å². The molecule has 0 aromatic carbocycles. The van der Waals surface area contributed by atoms with Crippen molar-refractivity contribution in [3.05, 3.63) is 24.0 Å². The molecular weight excluding hydrogens is 222 g/mol. The lowest BCUT2D eigenvalue weighted by molar-refractivity contribution is 0.190. The van der Waals surface area contributed by atoms with Crippen LogP contribution in [0, 0.1) is 5.92 Å². The highest BCUT2D eigenvalue weighted by atomic mass is 15.1. The van der Waals surface area contributed by atoms with E-state index in [0.717, 1.165) is 19.0 Å². The van der Waals surface area contributed by atoms with Gasteiger partial charge in [0.05, 0.1) is 0 Å². The number of likely N-dealkylation sites (tertiary alicyclic amines) is 1. The van der Waals surface area contributed by atoms with Gasteiger partial charge in [0.2, 0.25) is 0 Å². The summed E-state index contributed by atoms with van der Waals surface area (Å²) in [4.78, 5) is 2.55. The molecule has 0 bridgehead atoms. The molecule has 0 atom stereocenters. The Morgan fingerprint density at radius 2 is 2.00 bits per heavy atom. The van der Waals surface area contributed by atoms with Gasteiger partial charge in [0, 0.05) is 25.0 Å². The van der Waals surface area contributed by atoms with Crippen LogP contribution in [0.3, 0.4) is 0 Å². The van der Waals surface area contributed by atoms with E-state index in [1.54, 1.807) is 0 Å². The zero-order chi connectivity index (χ0) is 12.8. The first-order chi connectivity index (χ1) is 8.83. The van der Waals surface area contributed by atoms with Crippen LogP contribution in [0.15, 0.2) is 18.3 Å². The molecule has 2 rings (SSSR count). The van der Waals surface area contributed by atoms with Gasteiger partial charge in [-0.3, -0.25) is 0 Å². The second-order valence-electron chi connectivity index (χ2n) is 5.29. The maximum absolute atomic E-state index is 3.63. The molecule has 2 heterocycles. The first-order valence-corrected chi connectivity index (χ1v) is 7.40. The van der Waals surface area contributed by atoms with Crippen molar-refractivity contribution in [2.75, 3.05) is 26.2 Å². The molecule has 3 nitrogen and oxygen atoms in total. The number of nitrogens with zero attached hydrogens (tertiary/aromatic N) is 2. The van der Waals surface area contributed by atoms with Gasteiger partial charge in [0.1, 0.15) is 0 Å². The molecule has 0 aliphatic carbocycles. The van der Waals surface area contributed by atoms with E-state index in [1.165, 1.54) is 44.7 Å². The Hall–Kier alpha value is -0.800. The van der Waals surface area contributed by atoms with Crippen LogP contribution in [-0.2, 0) is 13.1 Å². The minimum Gasteiger partial charge on any atom is -0.351 e. The zero-order valence-electron chi connectivity index (χ0n) is 11.9. The maximum Gasteiger partial charge on any atom is 0.0359 e. The van der Waals surface area contributed by atoms with Gasteiger partial charge >= 0.3 is 0 Å². The number of hydrogen-bond acceptors (Lipinski definition) is 2. The number of rotatable bonds is 6. The van der Waals surface area contributed by atoms with Crippen molar-refractivity contribution in [3.63, 3.8) is 0 Å². The second-order valence-corrected chi connectivity index (χ2v) is 5.29. The number of hydrogen-bond donors (Lipinski definition) is 1. The van der Waals surface area contributed by atoms with E-state index in [9.17, 15) is 0 Å². The Morgan fingerprint density at radius 3 is 2.67 bits per heavy atom. The predicted octanol–water partition coefficient (Wildman–Crippen LogP) is 2.33. The van der Waals surface area contributed by atoms with Gasteiger partial charge in [-0.2, -0.15) is 0 Å². The average Bonchev–Trinajstić information content (AvgIpc) is 2.87. The molecule has 102 valence electrons. The van der Waals surface area contributed by atoms with Crippen molar-refractivity contribution in [1.29, 1.82) is 0 Å². The third kappa shape index (κ3) is 3.59. The number of aromatic nitrogens is 1. The minimum absolute atomic E-state index is 0.873. The molecule has 18 heavy (non-hydrogen) atoms. The summed E-state index contributed by atoms with van der Waals surface area (Å²) in [6, 6.07) is 4.36. The molecule has 3 heteroatoms. The topological polar surface area (TPSA) is 20.2 Å². The average molecular weight is 249 g/mol. The van der Waals surface area contributed by atoms with Crippen LogP contribution >= 0.6 is 0 Å². The van der Waals surface area contributed by atoms with Crippen LogP contribution in [0.25, 0.3) is 0 Å². The summed E-state index contributed by atoms with van der Waals surface area (Å²) < 4.78 is 2.31. The van der Waals surface area contributed by atoms with Gasteiger partial charge in [-0.05, 0) is 64.0 Å². The highest BCUT2D eigenvalue weighted by molar-refractivity contribution is 5.06. The molecule has 0 unspecified atom stereocenters. The Morgan fingerprint density at radius 1 is 1.22 bits per heavy atom. The fraction of sp³-hybridized carbons (Fsp3) is 0.733.